The van der Waals surface area contributed by atoms with Gasteiger partial charge in [0.2, 0.25) is 0 Å². The van der Waals surface area contributed by atoms with Crippen LogP contribution in [-0.4, -0.2) is 51.2 Å². The first-order chi connectivity index (χ1) is 13.2. The van der Waals surface area contributed by atoms with Crippen molar-refractivity contribution in [1.82, 2.24) is 15.5 Å². The maximum absolute atomic E-state index is 12.9. The van der Waals surface area contributed by atoms with Gasteiger partial charge in [-0.3, -0.25) is 4.99 Å². The average Bonchev–Trinajstić information content (AvgIpc) is 3.18. The van der Waals surface area contributed by atoms with E-state index in [1.807, 2.05) is 31.3 Å². The Hall–Kier alpha value is -2.38. The number of guanidine groups is 1. The average molecular weight is 376 g/mol. The standard InChI is InChI=1S/C20H29FN4O2/c1-22-20(23-10-4-13-26-16-19-5-3-14-27-19)24-11-12-25(2)15-17-6-8-18(21)9-7-17/h3,5-9,14H,4,10-13,15-16H2,1-2H3,(H2,22,23,24). The SMILES string of the molecule is CN=C(NCCCOCc1ccco1)NCCN(C)Cc1ccc(F)cc1. The molecule has 7 heteroatoms. The molecule has 148 valence electrons. The van der Waals surface area contributed by atoms with E-state index in [2.05, 4.69) is 20.5 Å². The molecule has 0 bridgehead atoms. The van der Waals surface area contributed by atoms with E-state index >= 15 is 0 Å². The summed E-state index contributed by atoms with van der Waals surface area (Å²) >= 11 is 0. The lowest BCUT2D eigenvalue weighted by atomic mass is 10.2. The second-order valence-electron chi connectivity index (χ2n) is 6.28. The summed E-state index contributed by atoms with van der Waals surface area (Å²) in [6, 6.07) is 10.4. The van der Waals surface area contributed by atoms with Crippen LogP contribution in [0.25, 0.3) is 0 Å². The third-order valence-electron chi connectivity index (χ3n) is 3.96. The van der Waals surface area contributed by atoms with Crippen LogP contribution in [0.4, 0.5) is 4.39 Å². The van der Waals surface area contributed by atoms with Crippen LogP contribution in [0.5, 0.6) is 0 Å². The van der Waals surface area contributed by atoms with Gasteiger partial charge in [0.05, 0.1) is 6.26 Å². The topological polar surface area (TPSA) is 62.0 Å². The number of likely N-dealkylation sites (N-methyl/N-ethyl adjacent to an activating group) is 1. The summed E-state index contributed by atoms with van der Waals surface area (Å²) < 4.78 is 23.7. The minimum Gasteiger partial charge on any atom is -0.467 e. The maximum atomic E-state index is 12.9. The molecule has 0 amide bonds. The summed E-state index contributed by atoms with van der Waals surface area (Å²) in [5.41, 5.74) is 1.09. The van der Waals surface area contributed by atoms with Gasteiger partial charge in [0.15, 0.2) is 5.96 Å². The molecule has 0 saturated carbocycles. The maximum Gasteiger partial charge on any atom is 0.191 e. The smallest absolute Gasteiger partial charge is 0.191 e. The minimum atomic E-state index is -0.204. The molecule has 6 nitrogen and oxygen atoms in total. The molecule has 0 aliphatic carbocycles. The number of ether oxygens (including phenoxy) is 1. The zero-order chi connectivity index (χ0) is 19.3. The summed E-state index contributed by atoms with van der Waals surface area (Å²) in [6.45, 7) is 4.34. The van der Waals surface area contributed by atoms with Crippen molar-refractivity contribution in [3.05, 3.63) is 59.8 Å². The Labute approximate surface area is 160 Å². The quantitative estimate of drug-likeness (QED) is 0.359. The molecule has 27 heavy (non-hydrogen) atoms. The Bertz CT molecular complexity index is 659. The molecule has 0 fully saturated rings. The van der Waals surface area contributed by atoms with Gasteiger partial charge in [0, 0.05) is 39.8 Å². The van der Waals surface area contributed by atoms with E-state index in [9.17, 15) is 4.39 Å². The first-order valence-electron chi connectivity index (χ1n) is 9.15. The molecule has 0 radical (unpaired) electrons. The number of aliphatic imine (C=N–C) groups is 1. The molecule has 0 unspecified atom stereocenters. The van der Waals surface area contributed by atoms with Crippen LogP contribution < -0.4 is 10.6 Å². The normalized spacial score (nSPS) is 11.8. The van der Waals surface area contributed by atoms with Gasteiger partial charge in [-0.25, -0.2) is 4.39 Å². The third-order valence-corrected chi connectivity index (χ3v) is 3.96. The van der Waals surface area contributed by atoms with Crippen LogP contribution in [0.1, 0.15) is 17.7 Å². The number of rotatable bonds is 11. The van der Waals surface area contributed by atoms with Gasteiger partial charge in [-0.2, -0.15) is 0 Å². The van der Waals surface area contributed by atoms with Gasteiger partial charge in [0.25, 0.3) is 0 Å². The van der Waals surface area contributed by atoms with Crippen molar-refractivity contribution in [1.29, 1.82) is 0 Å². The van der Waals surface area contributed by atoms with Crippen molar-refractivity contribution >= 4 is 5.96 Å². The van der Waals surface area contributed by atoms with Crippen molar-refractivity contribution in [2.24, 2.45) is 4.99 Å². The zero-order valence-corrected chi connectivity index (χ0v) is 16.1. The Kier molecular flexibility index (Phi) is 9.37. The lowest BCUT2D eigenvalue weighted by Crippen LogP contribution is -2.41. The van der Waals surface area contributed by atoms with Gasteiger partial charge in [0.1, 0.15) is 18.2 Å². The van der Waals surface area contributed by atoms with E-state index < -0.39 is 0 Å². The molecule has 1 aromatic carbocycles. The Morgan fingerprint density at radius 1 is 1.19 bits per heavy atom. The van der Waals surface area contributed by atoms with Crippen LogP contribution in [0.3, 0.4) is 0 Å². The van der Waals surface area contributed by atoms with Gasteiger partial charge < -0.3 is 24.7 Å². The fourth-order valence-corrected chi connectivity index (χ4v) is 2.51. The first kappa shape index (κ1) is 20.9. The summed E-state index contributed by atoms with van der Waals surface area (Å²) in [4.78, 5) is 6.39. The number of furan rings is 1. The van der Waals surface area contributed by atoms with E-state index in [1.165, 1.54) is 12.1 Å². The lowest BCUT2D eigenvalue weighted by molar-refractivity contribution is 0.105. The molecule has 0 spiro atoms. The van der Waals surface area contributed by atoms with Crippen molar-refractivity contribution in [2.75, 3.05) is 40.3 Å². The molecule has 1 heterocycles. The van der Waals surface area contributed by atoms with Gasteiger partial charge in [-0.05, 0) is 43.3 Å². The number of halogens is 1. The van der Waals surface area contributed by atoms with Crippen LogP contribution in [-0.2, 0) is 17.9 Å². The highest BCUT2D eigenvalue weighted by molar-refractivity contribution is 5.79. The van der Waals surface area contributed by atoms with Crippen molar-refractivity contribution < 1.29 is 13.5 Å². The summed E-state index contributed by atoms with van der Waals surface area (Å²) in [7, 11) is 3.79. The Balaban J connectivity index is 1.52. The second-order valence-corrected chi connectivity index (χ2v) is 6.28. The zero-order valence-electron chi connectivity index (χ0n) is 16.1. The van der Waals surface area contributed by atoms with Crippen molar-refractivity contribution in [3.63, 3.8) is 0 Å². The van der Waals surface area contributed by atoms with E-state index in [1.54, 1.807) is 13.3 Å². The molecular weight excluding hydrogens is 347 g/mol. The highest BCUT2D eigenvalue weighted by Gasteiger charge is 2.02. The lowest BCUT2D eigenvalue weighted by Gasteiger charge is -2.18. The molecule has 0 aliphatic heterocycles. The highest BCUT2D eigenvalue weighted by atomic mass is 19.1. The summed E-state index contributed by atoms with van der Waals surface area (Å²) in [5, 5.41) is 6.56. The van der Waals surface area contributed by atoms with Crippen LogP contribution in [0.2, 0.25) is 0 Å². The van der Waals surface area contributed by atoms with E-state index in [4.69, 9.17) is 9.15 Å². The predicted octanol–water partition coefficient (Wildman–Crippen LogP) is 2.62. The molecule has 0 aliphatic rings. The number of hydrogen-bond donors (Lipinski definition) is 2. The first-order valence-corrected chi connectivity index (χ1v) is 9.15. The monoisotopic (exact) mass is 376 g/mol. The number of hydrogen-bond acceptors (Lipinski definition) is 4. The highest BCUT2D eigenvalue weighted by Crippen LogP contribution is 2.05. The molecule has 0 atom stereocenters. The van der Waals surface area contributed by atoms with Crippen LogP contribution >= 0.6 is 0 Å². The third kappa shape index (κ3) is 8.70. The number of nitrogens with one attached hydrogen (secondary N) is 2. The van der Waals surface area contributed by atoms with E-state index in [0.29, 0.717) is 13.2 Å². The molecular formula is C20H29FN4O2. The fraction of sp³-hybridized carbons (Fsp3) is 0.450. The summed E-state index contributed by atoms with van der Waals surface area (Å²) in [5.74, 6) is 1.41. The largest absolute Gasteiger partial charge is 0.467 e. The van der Waals surface area contributed by atoms with Crippen LogP contribution in [0, 0.1) is 5.82 Å². The van der Waals surface area contributed by atoms with Crippen molar-refractivity contribution in [3.8, 4) is 0 Å². The van der Waals surface area contributed by atoms with Gasteiger partial charge in [-0.1, -0.05) is 12.1 Å². The molecule has 1 aromatic heterocycles. The Morgan fingerprint density at radius 2 is 1.96 bits per heavy atom. The molecule has 2 rings (SSSR count). The molecule has 2 N–H and O–H groups in total. The summed E-state index contributed by atoms with van der Waals surface area (Å²) in [6.07, 6.45) is 2.53. The van der Waals surface area contributed by atoms with E-state index in [0.717, 1.165) is 49.9 Å². The van der Waals surface area contributed by atoms with E-state index in [-0.39, 0.29) is 5.82 Å². The van der Waals surface area contributed by atoms with Crippen molar-refractivity contribution in [2.45, 2.75) is 19.6 Å². The molecule has 0 saturated heterocycles. The fourth-order valence-electron chi connectivity index (χ4n) is 2.51. The number of nitrogens with zero attached hydrogens (tertiary/aromatic N) is 2. The van der Waals surface area contributed by atoms with Crippen LogP contribution in [0.15, 0.2) is 52.1 Å². The minimum absolute atomic E-state index is 0.204. The second kappa shape index (κ2) is 12.1. The Morgan fingerprint density at radius 3 is 2.67 bits per heavy atom. The van der Waals surface area contributed by atoms with Gasteiger partial charge in [-0.15, -0.1) is 0 Å². The molecule has 2 aromatic rings. The number of benzene rings is 1. The predicted molar refractivity (Wildman–Crippen MR) is 105 cm³/mol. The van der Waals surface area contributed by atoms with Gasteiger partial charge >= 0.3 is 0 Å².